The molecule has 0 aliphatic heterocycles. The largest absolute Gasteiger partial charge is 0.376 e. The molecule has 7 heteroatoms. The number of nitrogens with one attached hydrogen (secondary N) is 1. The van der Waals surface area contributed by atoms with E-state index in [0.717, 1.165) is 16.7 Å². The van der Waals surface area contributed by atoms with Crippen LogP contribution in [0, 0.1) is 9.49 Å². The first-order valence-electron chi connectivity index (χ1n) is 10.5. The van der Waals surface area contributed by atoms with Crippen LogP contribution in [0.15, 0.2) is 88.6 Å². The average Bonchev–Trinajstić information content (AvgIpc) is 3.11. The number of hydrogen-bond acceptors (Lipinski definition) is 4. The molecular formula is C25H25IN2O4. The lowest BCUT2D eigenvalue weighted by molar-refractivity contribution is -0.00364. The average molecular weight is 544 g/mol. The minimum Gasteiger partial charge on any atom is -0.376 e. The number of aromatic amines is 1. The van der Waals surface area contributed by atoms with Gasteiger partial charge in [0.2, 0.25) is 0 Å². The second-order valence-electron chi connectivity index (χ2n) is 7.95. The van der Waals surface area contributed by atoms with Crippen molar-refractivity contribution in [2.75, 3.05) is 6.61 Å². The van der Waals surface area contributed by atoms with E-state index in [-0.39, 0.29) is 23.6 Å². The van der Waals surface area contributed by atoms with Gasteiger partial charge in [0.1, 0.15) is 0 Å². The van der Waals surface area contributed by atoms with Crippen LogP contribution in [0.4, 0.5) is 0 Å². The third kappa shape index (κ3) is 5.28. The third-order valence-electron chi connectivity index (χ3n) is 5.72. The highest BCUT2D eigenvalue weighted by Gasteiger charge is 2.40. The quantitative estimate of drug-likeness (QED) is 0.343. The Labute approximate surface area is 200 Å². The summed E-state index contributed by atoms with van der Waals surface area (Å²) < 4.78 is 14.3. The van der Waals surface area contributed by atoms with Crippen molar-refractivity contribution in [1.82, 2.24) is 9.55 Å². The molecule has 1 N–H and O–H groups in total. The number of benzene rings is 2. The number of rotatable bonds is 8. The normalized spacial score (nSPS) is 20.5. The molecule has 32 heavy (non-hydrogen) atoms. The molecule has 0 amide bonds. The van der Waals surface area contributed by atoms with Crippen LogP contribution in [0.5, 0.6) is 0 Å². The van der Waals surface area contributed by atoms with Crippen LogP contribution in [0.1, 0.15) is 23.6 Å². The minimum atomic E-state index is -0.436. The Kier molecular flexibility index (Phi) is 7.39. The van der Waals surface area contributed by atoms with Gasteiger partial charge in [0.05, 0.1) is 35.5 Å². The minimum absolute atomic E-state index is 0.0383. The summed E-state index contributed by atoms with van der Waals surface area (Å²) in [6, 6.07) is 19.7. The van der Waals surface area contributed by atoms with E-state index in [1.807, 2.05) is 83.3 Å². The summed E-state index contributed by atoms with van der Waals surface area (Å²) in [5, 5.41) is 0. The smallest absolute Gasteiger partial charge is 0.328 e. The van der Waals surface area contributed by atoms with Gasteiger partial charge < -0.3 is 9.47 Å². The molecular weight excluding hydrogens is 519 g/mol. The molecule has 1 aliphatic rings. The predicted molar refractivity (Wildman–Crippen MR) is 131 cm³/mol. The summed E-state index contributed by atoms with van der Waals surface area (Å²) in [6.07, 6.45) is 1.99. The zero-order chi connectivity index (χ0) is 22.5. The molecule has 0 radical (unpaired) electrons. The van der Waals surface area contributed by atoms with Crippen LogP contribution in [-0.4, -0.2) is 22.3 Å². The highest BCUT2D eigenvalue weighted by Crippen LogP contribution is 2.40. The number of ether oxygens (including phenoxy) is 2. The Morgan fingerprint density at radius 2 is 1.62 bits per heavy atom. The summed E-state index contributed by atoms with van der Waals surface area (Å²) in [5.74, 6) is 0.0383. The van der Waals surface area contributed by atoms with E-state index in [1.165, 1.54) is 0 Å². The second-order valence-corrected chi connectivity index (χ2v) is 9.11. The lowest BCUT2D eigenvalue weighted by atomic mass is 10.1. The molecule has 3 aromatic rings. The lowest BCUT2D eigenvalue weighted by Gasteiger charge is -2.21. The molecule has 1 heterocycles. The molecule has 3 atom stereocenters. The molecule has 0 saturated heterocycles. The van der Waals surface area contributed by atoms with Crippen molar-refractivity contribution in [3.05, 3.63) is 115 Å². The Morgan fingerprint density at radius 1 is 1.00 bits per heavy atom. The van der Waals surface area contributed by atoms with E-state index in [1.54, 1.807) is 10.8 Å². The van der Waals surface area contributed by atoms with Crippen molar-refractivity contribution in [1.29, 1.82) is 0 Å². The highest BCUT2D eigenvalue weighted by atomic mass is 127. The van der Waals surface area contributed by atoms with Gasteiger partial charge in [0.15, 0.2) is 0 Å². The lowest BCUT2D eigenvalue weighted by Crippen LogP contribution is -2.33. The van der Waals surface area contributed by atoms with Gasteiger partial charge in [0.25, 0.3) is 5.56 Å². The second kappa shape index (κ2) is 10.4. The van der Waals surface area contributed by atoms with E-state index >= 15 is 0 Å². The van der Waals surface area contributed by atoms with Crippen LogP contribution in [-0.2, 0) is 22.7 Å². The summed E-state index contributed by atoms with van der Waals surface area (Å²) >= 11 is 1.94. The van der Waals surface area contributed by atoms with E-state index in [2.05, 4.69) is 11.6 Å². The van der Waals surface area contributed by atoms with Crippen molar-refractivity contribution in [2.45, 2.75) is 31.8 Å². The standard InChI is InChI=1S/C25H25IN2O4/c1-17-22(28-13-21(26)24(29)27-25(28)30)12-20(16-31-14-18-8-4-2-5-9-18)23(17)32-15-19-10-6-3-7-11-19/h2-11,13,20,22-23H,1,12,14-16H2,(H,27,29,30). The van der Waals surface area contributed by atoms with Gasteiger partial charge in [-0.3, -0.25) is 14.3 Å². The maximum absolute atomic E-state index is 12.5. The van der Waals surface area contributed by atoms with E-state index in [4.69, 9.17) is 9.47 Å². The van der Waals surface area contributed by atoms with E-state index in [9.17, 15) is 9.59 Å². The molecule has 4 rings (SSSR count). The Hall–Kier alpha value is -2.49. The molecule has 1 aliphatic carbocycles. The summed E-state index contributed by atoms with van der Waals surface area (Å²) in [5.41, 5.74) is 2.18. The summed E-state index contributed by atoms with van der Waals surface area (Å²) in [6.45, 7) is 5.73. The number of hydrogen-bond donors (Lipinski definition) is 1. The Bertz CT molecular complexity index is 1170. The van der Waals surface area contributed by atoms with Gasteiger partial charge in [-0.05, 0) is 45.7 Å². The molecule has 0 bridgehead atoms. The molecule has 0 spiro atoms. The highest BCUT2D eigenvalue weighted by molar-refractivity contribution is 14.1. The molecule has 1 saturated carbocycles. The fourth-order valence-corrected chi connectivity index (χ4v) is 4.53. The van der Waals surface area contributed by atoms with Crippen molar-refractivity contribution in [3.8, 4) is 0 Å². The van der Waals surface area contributed by atoms with Crippen molar-refractivity contribution in [2.24, 2.45) is 5.92 Å². The molecule has 1 aromatic heterocycles. The zero-order valence-corrected chi connectivity index (χ0v) is 19.7. The van der Waals surface area contributed by atoms with Gasteiger partial charge in [-0.2, -0.15) is 0 Å². The first-order valence-corrected chi connectivity index (χ1v) is 11.6. The van der Waals surface area contributed by atoms with Crippen LogP contribution in [0.3, 0.4) is 0 Å². The molecule has 2 aromatic carbocycles. The van der Waals surface area contributed by atoms with Gasteiger partial charge in [-0.25, -0.2) is 4.79 Å². The van der Waals surface area contributed by atoms with Crippen molar-refractivity contribution in [3.63, 3.8) is 0 Å². The molecule has 6 nitrogen and oxygen atoms in total. The number of aromatic nitrogens is 2. The van der Waals surface area contributed by atoms with E-state index in [0.29, 0.717) is 29.8 Å². The fraction of sp³-hybridized carbons (Fsp3) is 0.280. The maximum Gasteiger partial charge on any atom is 0.328 e. The first-order chi connectivity index (χ1) is 15.5. The molecule has 166 valence electrons. The topological polar surface area (TPSA) is 73.3 Å². The van der Waals surface area contributed by atoms with Crippen molar-refractivity contribution < 1.29 is 9.47 Å². The monoisotopic (exact) mass is 544 g/mol. The Morgan fingerprint density at radius 3 is 2.28 bits per heavy atom. The van der Waals surface area contributed by atoms with Crippen LogP contribution in [0.2, 0.25) is 0 Å². The fourth-order valence-electron chi connectivity index (χ4n) is 4.10. The number of H-pyrrole nitrogens is 1. The molecule has 1 fully saturated rings. The van der Waals surface area contributed by atoms with E-state index < -0.39 is 5.69 Å². The van der Waals surface area contributed by atoms with Gasteiger partial charge in [-0.15, -0.1) is 0 Å². The van der Waals surface area contributed by atoms with Crippen molar-refractivity contribution >= 4 is 22.6 Å². The molecule has 3 unspecified atom stereocenters. The number of halogens is 1. The van der Waals surface area contributed by atoms with Crippen LogP contribution < -0.4 is 11.2 Å². The van der Waals surface area contributed by atoms with Gasteiger partial charge in [-0.1, -0.05) is 67.2 Å². The third-order valence-corrected chi connectivity index (χ3v) is 6.49. The maximum atomic E-state index is 12.5. The Balaban J connectivity index is 1.52. The van der Waals surface area contributed by atoms with Crippen LogP contribution >= 0.6 is 22.6 Å². The number of nitrogens with zero attached hydrogens (tertiary/aromatic N) is 1. The summed E-state index contributed by atoms with van der Waals surface area (Å²) in [4.78, 5) is 26.7. The summed E-state index contributed by atoms with van der Waals surface area (Å²) in [7, 11) is 0. The first kappa shape index (κ1) is 22.7. The SMILES string of the molecule is C=C1C(OCc2ccccc2)C(COCc2ccccc2)CC1n1cc(I)c(=O)[nH]c1=O. The van der Waals surface area contributed by atoms with Gasteiger partial charge >= 0.3 is 5.69 Å². The zero-order valence-electron chi connectivity index (χ0n) is 17.6. The van der Waals surface area contributed by atoms with Gasteiger partial charge in [0, 0.05) is 12.1 Å². The van der Waals surface area contributed by atoms with Crippen LogP contribution in [0.25, 0.3) is 0 Å². The predicted octanol–water partition coefficient (Wildman–Crippen LogP) is 4.06.